The maximum absolute atomic E-state index is 11.6. The van der Waals surface area contributed by atoms with Crippen molar-refractivity contribution in [1.29, 1.82) is 0 Å². The van der Waals surface area contributed by atoms with E-state index in [1.807, 2.05) is 12.1 Å². The lowest BCUT2D eigenvalue weighted by atomic mass is 10.1. The van der Waals surface area contributed by atoms with Gasteiger partial charge in [0.05, 0.1) is 11.6 Å². The largest absolute Gasteiger partial charge is 0.492 e. The molecule has 0 atom stereocenters. The third-order valence-corrected chi connectivity index (χ3v) is 3.87. The molecule has 0 aliphatic heterocycles. The number of nitrogens with zero attached hydrogens (tertiary/aromatic N) is 1. The van der Waals surface area contributed by atoms with Crippen LogP contribution < -0.4 is 20.1 Å². The van der Waals surface area contributed by atoms with Crippen LogP contribution in [-0.2, 0) is 6.42 Å². The monoisotopic (exact) mass is 391 g/mol. The van der Waals surface area contributed by atoms with Crippen LogP contribution >= 0.6 is 11.6 Å². The zero-order valence-electron chi connectivity index (χ0n) is 15.4. The van der Waals surface area contributed by atoms with Crippen LogP contribution in [0.4, 0.5) is 15.3 Å². The number of anilines is 1. The van der Waals surface area contributed by atoms with E-state index in [0.717, 1.165) is 5.56 Å². The molecule has 2 N–H and O–H groups in total. The molecule has 3 amide bonds. The van der Waals surface area contributed by atoms with E-state index in [-0.39, 0.29) is 6.03 Å². The second kappa shape index (κ2) is 9.68. The van der Waals surface area contributed by atoms with Gasteiger partial charge in [-0.15, -0.1) is 0 Å². The second-order valence-corrected chi connectivity index (χ2v) is 6.26. The molecule has 0 fully saturated rings. The maximum atomic E-state index is 11.6. The van der Waals surface area contributed by atoms with Crippen molar-refractivity contribution in [2.75, 3.05) is 33.1 Å². The van der Waals surface area contributed by atoms with Gasteiger partial charge in [0, 0.05) is 33.3 Å². The molecule has 144 valence electrons. The molecule has 0 saturated heterocycles. The van der Waals surface area contributed by atoms with Gasteiger partial charge < -0.3 is 25.0 Å². The highest BCUT2D eigenvalue weighted by Gasteiger charge is 2.08. The number of carbonyl (C=O) groups excluding carboxylic acids is 2. The number of halogens is 1. The Morgan fingerprint density at radius 2 is 1.81 bits per heavy atom. The fraction of sp³-hybridized carbons (Fsp3) is 0.263. The van der Waals surface area contributed by atoms with E-state index in [0.29, 0.717) is 35.2 Å². The third-order valence-electron chi connectivity index (χ3n) is 3.58. The Kier molecular flexibility index (Phi) is 7.31. The van der Waals surface area contributed by atoms with Crippen LogP contribution in [0.25, 0.3) is 0 Å². The molecule has 27 heavy (non-hydrogen) atoms. The topological polar surface area (TPSA) is 79.9 Å². The normalized spacial score (nSPS) is 10.1. The minimum atomic E-state index is -0.508. The highest BCUT2D eigenvalue weighted by molar-refractivity contribution is 6.32. The summed E-state index contributed by atoms with van der Waals surface area (Å²) in [6.07, 6.45) is 0.154. The molecular weight excluding hydrogens is 370 g/mol. The summed E-state index contributed by atoms with van der Waals surface area (Å²) in [5, 5.41) is 5.52. The van der Waals surface area contributed by atoms with E-state index in [1.54, 1.807) is 44.4 Å². The Labute approximate surface area is 163 Å². The molecule has 2 rings (SSSR count). The molecule has 8 heteroatoms. The van der Waals surface area contributed by atoms with Crippen LogP contribution in [0.1, 0.15) is 5.56 Å². The molecular formula is C19H22ClN3O4. The fourth-order valence-electron chi connectivity index (χ4n) is 2.09. The fourth-order valence-corrected chi connectivity index (χ4v) is 2.33. The van der Waals surface area contributed by atoms with Crippen molar-refractivity contribution in [2.45, 2.75) is 6.42 Å². The quantitative estimate of drug-likeness (QED) is 0.785. The summed E-state index contributed by atoms with van der Waals surface area (Å²) >= 11 is 6.21. The summed E-state index contributed by atoms with van der Waals surface area (Å²) in [4.78, 5) is 24.2. The van der Waals surface area contributed by atoms with Crippen molar-refractivity contribution in [1.82, 2.24) is 10.2 Å². The molecule has 2 aromatic carbocycles. The van der Waals surface area contributed by atoms with Gasteiger partial charge in [-0.05, 0) is 35.9 Å². The summed E-state index contributed by atoms with van der Waals surface area (Å²) in [6.45, 7) is 0.429. The Morgan fingerprint density at radius 1 is 1.11 bits per heavy atom. The Bertz CT molecular complexity index is 794. The van der Waals surface area contributed by atoms with Crippen LogP contribution in [0.5, 0.6) is 11.5 Å². The molecule has 7 nitrogen and oxygen atoms in total. The minimum Gasteiger partial charge on any atom is -0.492 e. The molecule has 0 aliphatic rings. The van der Waals surface area contributed by atoms with Gasteiger partial charge in [0.25, 0.3) is 0 Å². The highest BCUT2D eigenvalue weighted by Crippen LogP contribution is 2.28. The summed E-state index contributed by atoms with van der Waals surface area (Å²) < 4.78 is 10.7. The number of amides is 3. The lowest BCUT2D eigenvalue weighted by Crippen LogP contribution is -2.27. The van der Waals surface area contributed by atoms with E-state index in [4.69, 9.17) is 21.1 Å². The van der Waals surface area contributed by atoms with Crippen LogP contribution in [0, 0.1) is 0 Å². The van der Waals surface area contributed by atoms with Gasteiger partial charge in [0.2, 0.25) is 0 Å². The van der Waals surface area contributed by atoms with Crippen molar-refractivity contribution >= 4 is 29.4 Å². The van der Waals surface area contributed by atoms with Crippen LogP contribution in [0.15, 0.2) is 42.5 Å². The van der Waals surface area contributed by atoms with E-state index < -0.39 is 6.09 Å². The first-order valence-electron chi connectivity index (χ1n) is 8.28. The van der Waals surface area contributed by atoms with Gasteiger partial charge in [0.15, 0.2) is 0 Å². The van der Waals surface area contributed by atoms with Gasteiger partial charge in [-0.2, -0.15) is 0 Å². The average molecular weight is 392 g/mol. The second-order valence-electron chi connectivity index (χ2n) is 5.85. The third kappa shape index (κ3) is 6.38. The number of ether oxygens (including phenoxy) is 2. The van der Waals surface area contributed by atoms with E-state index >= 15 is 0 Å². The lowest BCUT2D eigenvalue weighted by Gasteiger charge is -2.13. The molecule has 0 heterocycles. The Morgan fingerprint density at radius 3 is 2.41 bits per heavy atom. The Hall–Kier alpha value is -2.93. The van der Waals surface area contributed by atoms with Gasteiger partial charge in [0.1, 0.15) is 11.5 Å². The summed E-state index contributed by atoms with van der Waals surface area (Å²) in [7, 11) is 4.82. The smallest absolute Gasteiger partial charge is 0.412 e. The average Bonchev–Trinajstić information content (AvgIpc) is 2.64. The number of carbonyl (C=O) groups is 2. The highest BCUT2D eigenvalue weighted by atomic mass is 35.5. The van der Waals surface area contributed by atoms with Gasteiger partial charge in [-0.1, -0.05) is 23.7 Å². The SMILES string of the molecule is CNC(=O)Oc1ccc(CCOc2ccc(NC(=O)N(C)C)cc2Cl)cc1. The lowest BCUT2D eigenvalue weighted by molar-refractivity contribution is 0.203. The zero-order chi connectivity index (χ0) is 19.8. The van der Waals surface area contributed by atoms with Crippen molar-refractivity contribution < 1.29 is 19.1 Å². The van der Waals surface area contributed by atoms with Crippen molar-refractivity contribution in [3.05, 3.63) is 53.1 Å². The minimum absolute atomic E-state index is 0.233. The number of benzene rings is 2. The molecule has 0 aliphatic carbocycles. The number of urea groups is 1. The maximum Gasteiger partial charge on any atom is 0.412 e. The molecule has 0 spiro atoms. The molecule has 0 aromatic heterocycles. The van der Waals surface area contributed by atoms with Gasteiger partial charge in [-0.25, -0.2) is 9.59 Å². The molecule has 0 unspecified atom stereocenters. The van der Waals surface area contributed by atoms with E-state index in [9.17, 15) is 9.59 Å². The van der Waals surface area contributed by atoms with Gasteiger partial charge >= 0.3 is 12.1 Å². The predicted molar refractivity (Wildman–Crippen MR) is 105 cm³/mol. The van der Waals surface area contributed by atoms with Crippen LogP contribution in [0.2, 0.25) is 5.02 Å². The predicted octanol–water partition coefficient (Wildman–Crippen LogP) is 3.77. The summed E-state index contributed by atoms with van der Waals surface area (Å²) in [5.74, 6) is 1.01. The van der Waals surface area contributed by atoms with Crippen molar-refractivity contribution in [3.63, 3.8) is 0 Å². The first kappa shape index (κ1) is 20.4. The first-order chi connectivity index (χ1) is 12.9. The van der Waals surface area contributed by atoms with E-state index in [2.05, 4.69) is 10.6 Å². The Balaban J connectivity index is 1.86. The van der Waals surface area contributed by atoms with Crippen LogP contribution in [-0.4, -0.2) is 44.8 Å². The summed E-state index contributed by atoms with van der Waals surface area (Å²) in [5.41, 5.74) is 1.63. The molecule has 2 aromatic rings. The molecule has 0 radical (unpaired) electrons. The number of hydrogen-bond donors (Lipinski definition) is 2. The number of nitrogens with one attached hydrogen (secondary N) is 2. The number of rotatable bonds is 6. The van der Waals surface area contributed by atoms with Crippen LogP contribution in [0.3, 0.4) is 0 Å². The first-order valence-corrected chi connectivity index (χ1v) is 8.66. The molecule has 0 bridgehead atoms. The standard InChI is InChI=1S/C19H22ClN3O4/c1-21-19(25)27-15-7-4-13(5-8-15)10-11-26-17-9-6-14(12-16(17)20)22-18(24)23(2)3/h4-9,12H,10-11H2,1-3H3,(H,21,25)(H,22,24). The van der Waals surface area contributed by atoms with E-state index in [1.165, 1.54) is 11.9 Å². The van der Waals surface area contributed by atoms with Crippen molar-refractivity contribution in [2.24, 2.45) is 0 Å². The summed E-state index contributed by atoms with van der Waals surface area (Å²) in [6, 6.07) is 12.0. The molecule has 0 saturated carbocycles. The zero-order valence-corrected chi connectivity index (χ0v) is 16.2. The number of hydrogen-bond acceptors (Lipinski definition) is 4. The van der Waals surface area contributed by atoms with Gasteiger partial charge in [-0.3, -0.25) is 0 Å². The van der Waals surface area contributed by atoms with Crippen molar-refractivity contribution in [3.8, 4) is 11.5 Å².